The maximum absolute atomic E-state index is 11.2. The predicted octanol–water partition coefficient (Wildman–Crippen LogP) is 0.847. The summed E-state index contributed by atoms with van der Waals surface area (Å²) in [6, 6.07) is 0.383. The first-order chi connectivity index (χ1) is 13.4. The molecule has 5 rings (SSSR count). The van der Waals surface area contributed by atoms with Crippen LogP contribution in [0.3, 0.4) is 0 Å². The van der Waals surface area contributed by atoms with Gasteiger partial charge in [-0.3, -0.25) is 4.79 Å². The molecule has 0 amide bonds. The van der Waals surface area contributed by atoms with Crippen LogP contribution in [0.25, 0.3) is 0 Å². The van der Waals surface area contributed by atoms with Crippen LogP contribution in [0.4, 0.5) is 0 Å². The van der Waals surface area contributed by atoms with E-state index in [9.17, 15) is 15.0 Å². The Morgan fingerprint density at radius 2 is 2.14 bits per heavy atom. The Morgan fingerprint density at radius 3 is 2.89 bits per heavy atom. The lowest BCUT2D eigenvalue weighted by atomic mass is 9.42. The van der Waals surface area contributed by atoms with E-state index in [1.807, 2.05) is 0 Å². The molecule has 28 heavy (non-hydrogen) atoms. The summed E-state index contributed by atoms with van der Waals surface area (Å²) in [7, 11) is 2.23. The molecular formula is C21H34N2O5. The lowest BCUT2D eigenvalue weighted by Gasteiger charge is -2.69. The number of carboxylic acids is 1. The van der Waals surface area contributed by atoms with Gasteiger partial charge in [-0.05, 0) is 65.0 Å². The highest BCUT2D eigenvalue weighted by atomic mass is 16.5. The SMILES string of the molecule is CCO[C@]12CC[C@H](NCC(=O)O)[C@@H]3OC4C(O)CCC5CC1N(C)CC[C@]32C54. The molecule has 0 aromatic carbocycles. The molecule has 5 fully saturated rings. The fraction of sp³-hybridized carbons (Fsp3) is 0.952. The number of aliphatic hydroxyl groups is 1. The van der Waals surface area contributed by atoms with Crippen molar-refractivity contribution in [1.29, 1.82) is 0 Å². The van der Waals surface area contributed by atoms with E-state index in [-0.39, 0.29) is 35.8 Å². The van der Waals surface area contributed by atoms with Crippen molar-refractivity contribution in [2.45, 2.75) is 81.4 Å². The molecule has 3 saturated carbocycles. The second-order valence-corrected chi connectivity index (χ2v) is 9.72. The van der Waals surface area contributed by atoms with E-state index < -0.39 is 12.1 Å². The third-order valence-corrected chi connectivity index (χ3v) is 8.85. The van der Waals surface area contributed by atoms with Crippen molar-refractivity contribution in [2.75, 3.05) is 26.7 Å². The molecule has 2 saturated heterocycles. The molecule has 5 aliphatic rings. The number of carboxylic acid groups (broad SMARTS) is 1. The van der Waals surface area contributed by atoms with Gasteiger partial charge in [-0.25, -0.2) is 0 Å². The minimum atomic E-state index is -0.836. The lowest BCUT2D eigenvalue weighted by Crippen LogP contribution is -2.78. The first-order valence-corrected chi connectivity index (χ1v) is 11.1. The molecular weight excluding hydrogens is 360 g/mol. The Bertz CT molecular complexity index is 646. The molecule has 9 atom stereocenters. The second kappa shape index (κ2) is 6.64. The average molecular weight is 395 g/mol. The average Bonchev–Trinajstić information content (AvgIpc) is 3.01. The van der Waals surface area contributed by atoms with Crippen molar-refractivity contribution >= 4 is 5.97 Å². The Morgan fingerprint density at radius 1 is 1.32 bits per heavy atom. The molecule has 5 unspecified atom stereocenters. The number of piperidine rings is 1. The van der Waals surface area contributed by atoms with E-state index in [2.05, 4.69) is 24.2 Å². The van der Waals surface area contributed by atoms with Crippen LogP contribution in [0.2, 0.25) is 0 Å². The normalized spacial score (nSPS) is 52.3. The van der Waals surface area contributed by atoms with Gasteiger partial charge in [0.25, 0.3) is 0 Å². The smallest absolute Gasteiger partial charge is 0.317 e. The zero-order valence-electron chi connectivity index (χ0n) is 17.0. The van der Waals surface area contributed by atoms with Gasteiger partial charge in [0.2, 0.25) is 0 Å². The highest BCUT2D eigenvalue weighted by molar-refractivity contribution is 5.69. The number of ether oxygens (including phenoxy) is 2. The number of nitrogens with one attached hydrogen (secondary N) is 1. The molecule has 7 nitrogen and oxygen atoms in total. The first-order valence-electron chi connectivity index (χ1n) is 11.1. The highest BCUT2D eigenvalue weighted by Crippen LogP contribution is 2.70. The maximum atomic E-state index is 11.2. The van der Waals surface area contributed by atoms with Crippen molar-refractivity contribution in [2.24, 2.45) is 17.3 Å². The predicted molar refractivity (Wildman–Crippen MR) is 102 cm³/mol. The summed E-state index contributed by atoms with van der Waals surface area (Å²) in [5.74, 6) is 0.0301. The molecule has 2 aliphatic heterocycles. The molecule has 2 heterocycles. The van der Waals surface area contributed by atoms with Crippen molar-refractivity contribution in [3.63, 3.8) is 0 Å². The van der Waals surface area contributed by atoms with Crippen LogP contribution in [0.1, 0.15) is 45.4 Å². The highest BCUT2D eigenvalue weighted by Gasteiger charge is 2.78. The fourth-order valence-electron chi connectivity index (χ4n) is 8.12. The lowest BCUT2D eigenvalue weighted by molar-refractivity contribution is -0.277. The zero-order chi connectivity index (χ0) is 19.7. The molecule has 158 valence electrons. The minimum Gasteiger partial charge on any atom is -0.480 e. The quantitative estimate of drug-likeness (QED) is 0.637. The Labute approximate surface area is 166 Å². The van der Waals surface area contributed by atoms with Crippen molar-refractivity contribution in [3.8, 4) is 0 Å². The summed E-state index contributed by atoms with van der Waals surface area (Å²) in [5.41, 5.74) is -0.391. The van der Waals surface area contributed by atoms with Gasteiger partial charge < -0.3 is 29.9 Å². The molecule has 2 bridgehead atoms. The topological polar surface area (TPSA) is 91.3 Å². The van der Waals surface area contributed by atoms with E-state index in [1.165, 1.54) is 0 Å². The number of hydrogen-bond donors (Lipinski definition) is 3. The van der Waals surface area contributed by atoms with Gasteiger partial charge in [0.1, 0.15) is 0 Å². The summed E-state index contributed by atoms with van der Waals surface area (Å²) in [5, 5.41) is 23.3. The van der Waals surface area contributed by atoms with Gasteiger partial charge in [0.15, 0.2) is 0 Å². The van der Waals surface area contributed by atoms with E-state index in [4.69, 9.17) is 9.47 Å². The number of aliphatic carboxylic acids is 1. The minimum absolute atomic E-state index is 0.00490. The zero-order valence-corrected chi connectivity index (χ0v) is 17.0. The number of likely N-dealkylation sites (N-methyl/N-ethyl adjacent to an activating group) is 1. The van der Waals surface area contributed by atoms with Gasteiger partial charge in [-0.1, -0.05) is 0 Å². The van der Waals surface area contributed by atoms with Crippen molar-refractivity contribution in [1.82, 2.24) is 10.2 Å². The molecule has 3 aliphatic carbocycles. The number of rotatable bonds is 5. The summed E-state index contributed by atoms with van der Waals surface area (Å²) in [4.78, 5) is 13.7. The Balaban J connectivity index is 1.61. The third-order valence-electron chi connectivity index (χ3n) is 8.85. The Kier molecular flexibility index (Phi) is 4.56. The maximum Gasteiger partial charge on any atom is 0.317 e. The van der Waals surface area contributed by atoms with Crippen LogP contribution in [0, 0.1) is 17.3 Å². The van der Waals surface area contributed by atoms with Crippen LogP contribution in [-0.4, -0.2) is 83.8 Å². The molecule has 0 radical (unpaired) electrons. The van der Waals surface area contributed by atoms with E-state index in [1.54, 1.807) is 0 Å². The summed E-state index contributed by atoms with van der Waals surface area (Å²) < 4.78 is 13.4. The largest absolute Gasteiger partial charge is 0.480 e. The molecule has 7 heteroatoms. The first kappa shape index (κ1) is 19.2. The standard InChI is InChI=1S/C21H34N2O5/c1-3-27-21-7-6-13(22-11-16(25)26)19-20(21)8-9-23(2)15(21)10-12-4-5-14(24)18(28-19)17(12)20/h12-15,17-19,22,24H,3-11H2,1-2H3,(H,25,26)/t12?,13-,14?,15?,17?,18?,19-,20-,21+/m0/s1. The summed E-state index contributed by atoms with van der Waals surface area (Å²) in [6.45, 7) is 3.72. The van der Waals surface area contributed by atoms with E-state index in [0.717, 1.165) is 45.1 Å². The van der Waals surface area contributed by atoms with Gasteiger partial charge >= 0.3 is 5.97 Å². The van der Waals surface area contributed by atoms with Crippen LogP contribution < -0.4 is 5.32 Å². The van der Waals surface area contributed by atoms with Gasteiger partial charge in [-0.2, -0.15) is 0 Å². The van der Waals surface area contributed by atoms with Crippen LogP contribution in [0.15, 0.2) is 0 Å². The molecule has 0 aromatic heterocycles. The summed E-state index contributed by atoms with van der Waals surface area (Å²) in [6.07, 6.45) is 5.12. The number of likely N-dealkylation sites (tertiary alicyclic amines) is 1. The monoisotopic (exact) mass is 394 g/mol. The number of aliphatic hydroxyl groups excluding tert-OH is 1. The van der Waals surface area contributed by atoms with Crippen LogP contribution >= 0.6 is 0 Å². The van der Waals surface area contributed by atoms with Crippen molar-refractivity contribution in [3.05, 3.63) is 0 Å². The van der Waals surface area contributed by atoms with Crippen LogP contribution in [-0.2, 0) is 14.3 Å². The molecule has 0 aromatic rings. The summed E-state index contributed by atoms with van der Waals surface area (Å²) >= 11 is 0. The van der Waals surface area contributed by atoms with Gasteiger partial charge in [-0.15, -0.1) is 0 Å². The van der Waals surface area contributed by atoms with Crippen molar-refractivity contribution < 1.29 is 24.5 Å². The number of carbonyl (C=O) groups is 1. The van der Waals surface area contributed by atoms with Gasteiger partial charge in [0, 0.05) is 30.0 Å². The Hall–Kier alpha value is -0.730. The third kappa shape index (κ3) is 2.31. The van der Waals surface area contributed by atoms with Crippen LogP contribution in [0.5, 0.6) is 0 Å². The van der Waals surface area contributed by atoms with Gasteiger partial charge in [0.05, 0.1) is 30.5 Å². The van der Waals surface area contributed by atoms with E-state index in [0.29, 0.717) is 24.5 Å². The fourth-order valence-corrected chi connectivity index (χ4v) is 8.12. The molecule has 1 spiro atoms. The van der Waals surface area contributed by atoms with E-state index >= 15 is 0 Å². The molecule has 3 N–H and O–H groups in total. The number of hydrogen-bond acceptors (Lipinski definition) is 6. The second-order valence-electron chi connectivity index (χ2n) is 9.72. The number of nitrogens with zero attached hydrogens (tertiary/aromatic N) is 1.